The van der Waals surface area contributed by atoms with E-state index >= 15 is 0 Å². The van der Waals surface area contributed by atoms with Crippen molar-refractivity contribution in [1.82, 2.24) is 10.2 Å². The highest BCUT2D eigenvalue weighted by molar-refractivity contribution is 7.17. The van der Waals surface area contributed by atoms with Gasteiger partial charge in [0.05, 0.1) is 6.54 Å². The second kappa shape index (κ2) is 5.25. The molecule has 2 heterocycles. The summed E-state index contributed by atoms with van der Waals surface area (Å²) in [6.07, 6.45) is 0.630. The smallest absolute Gasteiger partial charge is 0.245 e. The third-order valence-corrected chi connectivity index (χ3v) is 4.62. The average molecular weight is 288 g/mol. The number of rotatable bonds is 3. The Morgan fingerprint density at radius 1 is 1.35 bits per heavy atom. The summed E-state index contributed by atoms with van der Waals surface area (Å²) in [5.41, 5.74) is 1.11. The lowest BCUT2D eigenvalue weighted by atomic mass is 10.1. The average Bonchev–Trinajstić information content (AvgIpc) is 2.86. The van der Waals surface area contributed by atoms with Crippen LogP contribution in [0.1, 0.15) is 18.9 Å². The highest BCUT2D eigenvalue weighted by atomic mass is 32.1. The maximum Gasteiger partial charge on any atom is 0.245 e. The summed E-state index contributed by atoms with van der Waals surface area (Å²) in [6.45, 7) is 2.57. The zero-order valence-corrected chi connectivity index (χ0v) is 12.1. The van der Waals surface area contributed by atoms with Gasteiger partial charge in [0.1, 0.15) is 6.04 Å². The lowest BCUT2D eigenvalue weighted by Gasteiger charge is -2.32. The first-order chi connectivity index (χ1) is 9.69. The number of nitrogens with zero attached hydrogens (tertiary/aromatic N) is 1. The van der Waals surface area contributed by atoms with Gasteiger partial charge in [-0.05, 0) is 28.8 Å². The molecule has 1 aromatic carbocycles. The number of benzene rings is 1. The third kappa shape index (κ3) is 2.29. The molecule has 1 unspecified atom stereocenters. The number of carbonyl (C=O) groups is 2. The summed E-state index contributed by atoms with van der Waals surface area (Å²) < 4.78 is 1.21. The molecule has 1 fully saturated rings. The predicted molar refractivity (Wildman–Crippen MR) is 79.5 cm³/mol. The molecule has 0 radical (unpaired) electrons. The van der Waals surface area contributed by atoms with Crippen LogP contribution in [0.5, 0.6) is 0 Å². The number of hydrogen-bond acceptors (Lipinski definition) is 3. The Balaban J connectivity index is 1.86. The standard InChI is InChI=1S/C15H16N2O2S/c1-2-12-15(19)17(8-14(18)16-12)7-10-9-20-13-6-4-3-5-11(10)13/h3-6,9,12H,2,7-8H2,1H3,(H,16,18). The number of thiophene rings is 1. The Morgan fingerprint density at radius 2 is 2.15 bits per heavy atom. The summed E-state index contributed by atoms with van der Waals surface area (Å²) in [5, 5.41) is 5.98. The molecule has 1 saturated heterocycles. The van der Waals surface area contributed by atoms with E-state index in [0.717, 1.165) is 5.56 Å². The van der Waals surface area contributed by atoms with Crippen molar-refractivity contribution in [2.45, 2.75) is 25.9 Å². The number of nitrogens with one attached hydrogen (secondary N) is 1. The van der Waals surface area contributed by atoms with E-state index in [9.17, 15) is 9.59 Å². The van der Waals surface area contributed by atoms with Crippen molar-refractivity contribution in [2.24, 2.45) is 0 Å². The van der Waals surface area contributed by atoms with Crippen molar-refractivity contribution in [2.75, 3.05) is 6.54 Å². The first-order valence-electron chi connectivity index (χ1n) is 6.72. The molecule has 0 saturated carbocycles. The number of carbonyl (C=O) groups excluding carboxylic acids is 2. The zero-order valence-electron chi connectivity index (χ0n) is 11.3. The fraction of sp³-hybridized carbons (Fsp3) is 0.333. The molecule has 4 nitrogen and oxygen atoms in total. The minimum absolute atomic E-state index is 0.0161. The molecule has 2 aromatic rings. The fourth-order valence-electron chi connectivity index (χ4n) is 2.54. The monoisotopic (exact) mass is 288 g/mol. The largest absolute Gasteiger partial charge is 0.343 e. The Bertz CT molecular complexity index is 665. The van der Waals surface area contributed by atoms with Crippen LogP contribution in [0.3, 0.4) is 0 Å². The van der Waals surface area contributed by atoms with Crippen LogP contribution in [0.25, 0.3) is 10.1 Å². The van der Waals surface area contributed by atoms with Crippen LogP contribution in [-0.4, -0.2) is 29.3 Å². The summed E-state index contributed by atoms with van der Waals surface area (Å²) >= 11 is 1.67. The number of hydrogen-bond donors (Lipinski definition) is 1. The van der Waals surface area contributed by atoms with Gasteiger partial charge in [0, 0.05) is 11.2 Å². The second-order valence-corrected chi connectivity index (χ2v) is 5.89. The Labute approximate surface area is 121 Å². The molecule has 0 bridgehead atoms. The Hall–Kier alpha value is -1.88. The topological polar surface area (TPSA) is 49.4 Å². The normalized spacial score (nSPS) is 19.4. The van der Waals surface area contributed by atoms with Crippen LogP contribution in [0.2, 0.25) is 0 Å². The van der Waals surface area contributed by atoms with Crippen LogP contribution in [0.15, 0.2) is 29.6 Å². The van der Waals surface area contributed by atoms with Crippen molar-refractivity contribution < 1.29 is 9.59 Å². The van der Waals surface area contributed by atoms with Crippen molar-refractivity contribution >= 4 is 33.2 Å². The number of piperazine rings is 1. The van der Waals surface area contributed by atoms with Gasteiger partial charge in [-0.25, -0.2) is 0 Å². The number of fused-ring (bicyclic) bond motifs is 1. The second-order valence-electron chi connectivity index (χ2n) is 4.98. The Kier molecular flexibility index (Phi) is 3.44. The van der Waals surface area contributed by atoms with Crippen molar-refractivity contribution in [1.29, 1.82) is 0 Å². The molecule has 1 aliphatic heterocycles. The molecule has 1 atom stereocenters. The summed E-state index contributed by atoms with van der Waals surface area (Å²) in [6, 6.07) is 7.77. The first kappa shape index (κ1) is 13.1. The van der Waals surface area contributed by atoms with Crippen LogP contribution in [0, 0.1) is 0 Å². The maximum atomic E-state index is 12.3. The molecule has 1 aromatic heterocycles. The van der Waals surface area contributed by atoms with Crippen LogP contribution in [0.4, 0.5) is 0 Å². The lowest BCUT2D eigenvalue weighted by molar-refractivity contribution is -0.144. The summed E-state index contributed by atoms with van der Waals surface area (Å²) in [5.74, 6) is -0.0571. The minimum Gasteiger partial charge on any atom is -0.343 e. The Morgan fingerprint density at radius 3 is 2.95 bits per heavy atom. The van der Waals surface area contributed by atoms with E-state index in [0.29, 0.717) is 13.0 Å². The van der Waals surface area contributed by atoms with E-state index in [2.05, 4.69) is 22.8 Å². The van der Waals surface area contributed by atoms with Crippen molar-refractivity contribution in [3.63, 3.8) is 0 Å². The van der Waals surface area contributed by atoms with Gasteiger partial charge >= 0.3 is 0 Å². The molecule has 0 aliphatic carbocycles. The molecule has 20 heavy (non-hydrogen) atoms. The molecule has 0 spiro atoms. The summed E-state index contributed by atoms with van der Waals surface area (Å²) in [4.78, 5) is 25.6. The van der Waals surface area contributed by atoms with Gasteiger partial charge in [-0.1, -0.05) is 25.1 Å². The molecule has 5 heteroatoms. The minimum atomic E-state index is -0.374. The van der Waals surface area contributed by atoms with Crippen molar-refractivity contribution in [3.8, 4) is 0 Å². The van der Waals surface area contributed by atoms with Gasteiger partial charge in [0.2, 0.25) is 11.8 Å². The molecular weight excluding hydrogens is 272 g/mol. The van der Waals surface area contributed by atoms with Gasteiger partial charge < -0.3 is 10.2 Å². The molecule has 1 N–H and O–H groups in total. The number of amides is 2. The van der Waals surface area contributed by atoms with E-state index in [4.69, 9.17) is 0 Å². The quantitative estimate of drug-likeness (QED) is 0.940. The molecule has 2 amide bonds. The molecular formula is C15H16N2O2S. The van der Waals surface area contributed by atoms with E-state index in [-0.39, 0.29) is 24.4 Å². The fourth-order valence-corrected chi connectivity index (χ4v) is 3.50. The van der Waals surface area contributed by atoms with Gasteiger partial charge in [-0.15, -0.1) is 11.3 Å². The highest BCUT2D eigenvalue weighted by Crippen LogP contribution is 2.27. The van der Waals surface area contributed by atoms with Crippen LogP contribution < -0.4 is 5.32 Å². The molecule has 104 valence electrons. The lowest BCUT2D eigenvalue weighted by Crippen LogP contribution is -2.57. The highest BCUT2D eigenvalue weighted by Gasteiger charge is 2.31. The van der Waals surface area contributed by atoms with Crippen LogP contribution in [-0.2, 0) is 16.1 Å². The van der Waals surface area contributed by atoms with Gasteiger partial charge in [0.25, 0.3) is 0 Å². The maximum absolute atomic E-state index is 12.3. The SMILES string of the molecule is CCC1NC(=O)CN(Cc2csc3ccccc23)C1=O. The van der Waals surface area contributed by atoms with Gasteiger partial charge in [-0.2, -0.15) is 0 Å². The molecule has 3 rings (SSSR count). The van der Waals surface area contributed by atoms with E-state index < -0.39 is 0 Å². The van der Waals surface area contributed by atoms with E-state index in [1.807, 2.05) is 19.1 Å². The third-order valence-electron chi connectivity index (χ3n) is 3.61. The van der Waals surface area contributed by atoms with Gasteiger partial charge in [-0.3, -0.25) is 9.59 Å². The van der Waals surface area contributed by atoms with Crippen molar-refractivity contribution in [3.05, 3.63) is 35.2 Å². The van der Waals surface area contributed by atoms with E-state index in [1.165, 1.54) is 10.1 Å². The summed E-state index contributed by atoms with van der Waals surface area (Å²) in [7, 11) is 0. The van der Waals surface area contributed by atoms with E-state index in [1.54, 1.807) is 16.2 Å². The zero-order chi connectivity index (χ0) is 14.1. The predicted octanol–water partition coefficient (Wildman–Crippen LogP) is 2.14. The van der Waals surface area contributed by atoms with Gasteiger partial charge in [0.15, 0.2) is 0 Å². The molecule has 1 aliphatic rings. The first-order valence-corrected chi connectivity index (χ1v) is 7.60. The van der Waals surface area contributed by atoms with Crippen LogP contribution >= 0.6 is 11.3 Å².